The Morgan fingerprint density at radius 2 is 2.38 bits per heavy atom. The van der Waals surface area contributed by atoms with Gasteiger partial charge in [-0.15, -0.1) is 11.6 Å². The van der Waals surface area contributed by atoms with Gasteiger partial charge < -0.3 is 10.3 Å². The summed E-state index contributed by atoms with van der Waals surface area (Å²) >= 11 is 5.59. The average Bonchev–Trinajstić information content (AvgIpc) is 2.26. The van der Waals surface area contributed by atoms with Gasteiger partial charge in [0.15, 0.2) is 0 Å². The van der Waals surface area contributed by atoms with E-state index in [9.17, 15) is 9.59 Å². The first-order chi connectivity index (χ1) is 7.63. The molecular formula is C11H15ClN2O2. The Morgan fingerprint density at radius 3 is 3.00 bits per heavy atom. The van der Waals surface area contributed by atoms with E-state index in [1.54, 1.807) is 6.07 Å². The lowest BCUT2D eigenvalue weighted by molar-refractivity contribution is 0.0947. The first kappa shape index (κ1) is 12.8. The van der Waals surface area contributed by atoms with Crippen LogP contribution in [-0.2, 0) is 0 Å². The number of carbonyl (C=O) groups excluding carboxylic acids is 1. The Kier molecular flexibility index (Phi) is 5.05. The van der Waals surface area contributed by atoms with Gasteiger partial charge in [0, 0.05) is 30.3 Å². The van der Waals surface area contributed by atoms with E-state index in [1.807, 2.05) is 6.92 Å². The summed E-state index contributed by atoms with van der Waals surface area (Å²) in [6.07, 6.45) is 2.32. The van der Waals surface area contributed by atoms with Crippen molar-refractivity contribution in [1.82, 2.24) is 10.3 Å². The molecule has 1 unspecified atom stereocenters. The maximum absolute atomic E-state index is 11.6. The largest absolute Gasteiger partial charge is 0.352 e. The first-order valence-electron chi connectivity index (χ1n) is 5.16. The second-order valence-corrected chi connectivity index (χ2v) is 4.11. The topological polar surface area (TPSA) is 62.0 Å². The molecule has 0 aliphatic rings. The van der Waals surface area contributed by atoms with Crippen LogP contribution in [0.1, 0.15) is 23.7 Å². The average molecular weight is 243 g/mol. The van der Waals surface area contributed by atoms with E-state index in [4.69, 9.17) is 11.6 Å². The van der Waals surface area contributed by atoms with E-state index in [0.717, 1.165) is 6.42 Å². The molecule has 1 rings (SSSR count). The van der Waals surface area contributed by atoms with Gasteiger partial charge in [-0.2, -0.15) is 0 Å². The number of rotatable bonds is 5. The summed E-state index contributed by atoms with van der Waals surface area (Å²) in [4.78, 5) is 25.0. The van der Waals surface area contributed by atoms with E-state index < -0.39 is 0 Å². The van der Waals surface area contributed by atoms with Crippen molar-refractivity contribution in [2.24, 2.45) is 5.92 Å². The molecule has 0 aliphatic carbocycles. The molecule has 0 aromatic carbocycles. The third-order valence-corrected chi connectivity index (χ3v) is 2.47. The number of aromatic amines is 1. The number of hydrogen-bond donors (Lipinski definition) is 2. The highest BCUT2D eigenvalue weighted by Crippen LogP contribution is 2.02. The van der Waals surface area contributed by atoms with Crippen molar-refractivity contribution >= 4 is 17.5 Å². The second kappa shape index (κ2) is 6.33. The standard InChI is InChI=1S/C11H15ClN2O2/c1-8(2-4-12)7-14-11(16)9-3-5-13-10(15)6-9/h3,5-6,8H,2,4,7H2,1H3,(H,13,15)(H,14,16). The van der Waals surface area contributed by atoms with Crippen LogP contribution in [-0.4, -0.2) is 23.3 Å². The van der Waals surface area contributed by atoms with Crippen LogP contribution in [0.3, 0.4) is 0 Å². The van der Waals surface area contributed by atoms with Crippen LogP contribution in [0.15, 0.2) is 23.1 Å². The number of aromatic nitrogens is 1. The highest BCUT2D eigenvalue weighted by molar-refractivity contribution is 6.17. The van der Waals surface area contributed by atoms with Crippen molar-refractivity contribution in [2.45, 2.75) is 13.3 Å². The summed E-state index contributed by atoms with van der Waals surface area (Å²) in [5.74, 6) is 0.693. The van der Waals surface area contributed by atoms with Crippen LogP contribution < -0.4 is 10.9 Å². The smallest absolute Gasteiger partial charge is 0.251 e. The summed E-state index contributed by atoms with van der Waals surface area (Å²) in [5, 5.41) is 2.76. The van der Waals surface area contributed by atoms with Gasteiger partial charge in [0.25, 0.3) is 5.91 Å². The van der Waals surface area contributed by atoms with Gasteiger partial charge in [-0.1, -0.05) is 6.92 Å². The van der Waals surface area contributed by atoms with Crippen LogP contribution in [0.4, 0.5) is 0 Å². The van der Waals surface area contributed by atoms with Crippen molar-refractivity contribution in [2.75, 3.05) is 12.4 Å². The second-order valence-electron chi connectivity index (χ2n) is 3.73. The SMILES string of the molecule is CC(CCCl)CNC(=O)c1cc[nH]c(=O)c1. The summed E-state index contributed by atoms with van der Waals surface area (Å²) in [5.41, 5.74) is 0.100. The van der Waals surface area contributed by atoms with Gasteiger partial charge >= 0.3 is 0 Å². The molecule has 0 aliphatic heterocycles. The molecule has 0 spiro atoms. The number of pyridine rings is 1. The predicted molar refractivity (Wildman–Crippen MR) is 63.9 cm³/mol. The molecule has 1 amide bonds. The molecule has 0 radical (unpaired) electrons. The quantitative estimate of drug-likeness (QED) is 0.766. The van der Waals surface area contributed by atoms with Gasteiger partial charge in [-0.3, -0.25) is 9.59 Å². The fourth-order valence-corrected chi connectivity index (χ4v) is 1.62. The van der Waals surface area contributed by atoms with Crippen molar-refractivity contribution in [3.8, 4) is 0 Å². The third-order valence-electron chi connectivity index (χ3n) is 2.25. The fraction of sp³-hybridized carbons (Fsp3) is 0.455. The Hall–Kier alpha value is -1.29. The normalized spacial score (nSPS) is 12.1. The molecule has 5 heteroatoms. The Balaban J connectivity index is 2.50. The first-order valence-corrected chi connectivity index (χ1v) is 5.70. The minimum absolute atomic E-state index is 0.229. The summed E-state index contributed by atoms with van der Waals surface area (Å²) in [6, 6.07) is 2.85. The molecule has 0 bridgehead atoms. The summed E-state index contributed by atoms with van der Waals surface area (Å²) in [7, 11) is 0. The molecule has 0 saturated heterocycles. The molecule has 4 nitrogen and oxygen atoms in total. The fourth-order valence-electron chi connectivity index (χ4n) is 1.24. The van der Waals surface area contributed by atoms with Crippen LogP contribution in [0.25, 0.3) is 0 Å². The molecule has 1 atom stereocenters. The molecular weight excluding hydrogens is 228 g/mol. The van der Waals surface area contributed by atoms with Crippen LogP contribution in [0, 0.1) is 5.92 Å². The van der Waals surface area contributed by atoms with Gasteiger partial charge in [0.2, 0.25) is 5.56 Å². The van der Waals surface area contributed by atoms with Gasteiger partial charge in [0.05, 0.1) is 0 Å². The van der Waals surface area contributed by atoms with E-state index in [-0.39, 0.29) is 11.5 Å². The Morgan fingerprint density at radius 1 is 1.62 bits per heavy atom. The Bertz CT molecular complexity index is 403. The molecule has 0 fully saturated rings. The molecule has 1 aromatic heterocycles. The van der Waals surface area contributed by atoms with Crippen LogP contribution in [0.5, 0.6) is 0 Å². The zero-order chi connectivity index (χ0) is 12.0. The van der Waals surface area contributed by atoms with E-state index in [1.165, 1.54) is 12.3 Å². The molecule has 16 heavy (non-hydrogen) atoms. The van der Waals surface area contributed by atoms with Crippen molar-refractivity contribution < 1.29 is 4.79 Å². The number of alkyl halides is 1. The highest BCUT2D eigenvalue weighted by Gasteiger charge is 2.07. The number of halogens is 1. The minimum atomic E-state index is -0.276. The molecule has 2 N–H and O–H groups in total. The number of nitrogens with one attached hydrogen (secondary N) is 2. The third kappa shape index (κ3) is 4.06. The minimum Gasteiger partial charge on any atom is -0.352 e. The number of H-pyrrole nitrogens is 1. The number of hydrogen-bond acceptors (Lipinski definition) is 2. The summed E-state index contributed by atoms with van der Waals surface area (Å²) in [6.45, 7) is 2.58. The van der Waals surface area contributed by atoms with E-state index in [2.05, 4.69) is 10.3 Å². The van der Waals surface area contributed by atoms with Gasteiger partial charge in [-0.05, 0) is 18.4 Å². The molecule has 0 saturated carbocycles. The predicted octanol–water partition coefficient (Wildman–Crippen LogP) is 1.37. The van der Waals surface area contributed by atoms with Gasteiger partial charge in [-0.25, -0.2) is 0 Å². The van der Waals surface area contributed by atoms with Crippen LogP contribution >= 0.6 is 11.6 Å². The number of carbonyl (C=O) groups is 1. The monoisotopic (exact) mass is 242 g/mol. The highest BCUT2D eigenvalue weighted by atomic mass is 35.5. The molecule has 1 heterocycles. The maximum Gasteiger partial charge on any atom is 0.251 e. The van der Waals surface area contributed by atoms with E-state index >= 15 is 0 Å². The molecule has 1 aromatic rings. The lowest BCUT2D eigenvalue weighted by atomic mass is 10.1. The van der Waals surface area contributed by atoms with Crippen molar-refractivity contribution in [3.63, 3.8) is 0 Å². The summed E-state index contributed by atoms with van der Waals surface area (Å²) < 4.78 is 0. The Labute approximate surface area is 99.0 Å². The molecule has 88 valence electrons. The maximum atomic E-state index is 11.6. The number of amides is 1. The van der Waals surface area contributed by atoms with Crippen molar-refractivity contribution in [3.05, 3.63) is 34.2 Å². The van der Waals surface area contributed by atoms with E-state index in [0.29, 0.717) is 23.9 Å². The van der Waals surface area contributed by atoms with Crippen molar-refractivity contribution in [1.29, 1.82) is 0 Å². The van der Waals surface area contributed by atoms with Crippen LogP contribution in [0.2, 0.25) is 0 Å². The lowest BCUT2D eigenvalue weighted by Crippen LogP contribution is -2.29. The lowest BCUT2D eigenvalue weighted by Gasteiger charge is -2.10. The zero-order valence-corrected chi connectivity index (χ0v) is 9.88. The zero-order valence-electron chi connectivity index (χ0n) is 9.13. The van der Waals surface area contributed by atoms with Gasteiger partial charge in [0.1, 0.15) is 0 Å².